The highest BCUT2D eigenvalue weighted by Gasteiger charge is 2.21. The summed E-state index contributed by atoms with van der Waals surface area (Å²) in [6.45, 7) is 1.65. The maximum atomic E-state index is 13.1. The lowest BCUT2D eigenvalue weighted by molar-refractivity contribution is 0.0605. The minimum atomic E-state index is -0.243. The van der Waals surface area contributed by atoms with Crippen LogP contribution in [0.1, 0.15) is 30.9 Å². The summed E-state index contributed by atoms with van der Waals surface area (Å²) in [5, 5.41) is 0. The van der Waals surface area contributed by atoms with Gasteiger partial charge in [-0.1, -0.05) is 22.0 Å². The second-order valence-electron chi connectivity index (χ2n) is 4.68. The molecule has 100 valence electrons. The number of hydrazine groups is 1. The topological polar surface area (TPSA) is 47.3 Å². The van der Waals surface area contributed by atoms with E-state index in [-0.39, 0.29) is 11.9 Å². The van der Waals surface area contributed by atoms with Gasteiger partial charge >= 0.3 is 0 Å². The Labute approximate surface area is 115 Å². The van der Waals surface area contributed by atoms with Gasteiger partial charge < -0.3 is 4.74 Å². The summed E-state index contributed by atoms with van der Waals surface area (Å²) in [6, 6.07) is 4.77. The number of benzene rings is 1. The minimum absolute atomic E-state index is 0.0445. The fourth-order valence-electron chi connectivity index (χ4n) is 2.38. The Bertz CT molecular complexity index is 397. The molecule has 2 rings (SSSR count). The van der Waals surface area contributed by atoms with Gasteiger partial charge in [-0.05, 0) is 42.9 Å². The van der Waals surface area contributed by atoms with Crippen LogP contribution >= 0.6 is 15.9 Å². The maximum Gasteiger partial charge on any atom is 0.124 e. The summed E-state index contributed by atoms with van der Waals surface area (Å²) in [7, 11) is 0. The summed E-state index contributed by atoms with van der Waals surface area (Å²) in [5.41, 5.74) is 3.84. The first-order valence-electron chi connectivity index (χ1n) is 6.19. The fourth-order valence-corrected chi connectivity index (χ4v) is 3.01. The lowest BCUT2D eigenvalue weighted by Crippen LogP contribution is -2.31. The first-order valence-corrected chi connectivity index (χ1v) is 6.99. The van der Waals surface area contributed by atoms with Gasteiger partial charge in [-0.3, -0.25) is 11.3 Å². The summed E-state index contributed by atoms with van der Waals surface area (Å²) in [4.78, 5) is 0. The van der Waals surface area contributed by atoms with Crippen molar-refractivity contribution in [2.24, 2.45) is 11.8 Å². The molecule has 1 aromatic rings. The summed E-state index contributed by atoms with van der Waals surface area (Å²) in [6.07, 6.45) is 3.08. The van der Waals surface area contributed by atoms with Crippen molar-refractivity contribution < 1.29 is 9.13 Å². The highest BCUT2D eigenvalue weighted by Crippen LogP contribution is 2.31. The number of nitrogens with one attached hydrogen (secondary N) is 1. The van der Waals surface area contributed by atoms with Crippen molar-refractivity contribution in [1.29, 1.82) is 0 Å². The van der Waals surface area contributed by atoms with Crippen LogP contribution in [0.25, 0.3) is 0 Å². The van der Waals surface area contributed by atoms with Crippen LogP contribution in [0.3, 0.4) is 0 Å². The number of halogens is 2. The molecule has 0 bridgehead atoms. The lowest BCUT2D eigenvalue weighted by Gasteiger charge is -2.27. The minimum Gasteiger partial charge on any atom is -0.381 e. The number of hydrogen-bond acceptors (Lipinski definition) is 3. The van der Waals surface area contributed by atoms with Crippen molar-refractivity contribution in [2.45, 2.75) is 25.3 Å². The van der Waals surface area contributed by atoms with E-state index in [2.05, 4.69) is 21.4 Å². The van der Waals surface area contributed by atoms with Crippen LogP contribution in [-0.4, -0.2) is 13.2 Å². The molecule has 1 aromatic carbocycles. The molecule has 0 spiro atoms. The molecule has 0 radical (unpaired) electrons. The zero-order chi connectivity index (χ0) is 13.0. The molecular formula is C13H18BrFN2O. The van der Waals surface area contributed by atoms with Crippen LogP contribution in [0.4, 0.5) is 4.39 Å². The van der Waals surface area contributed by atoms with E-state index in [0.717, 1.165) is 42.5 Å². The van der Waals surface area contributed by atoms with E-state index in [4.69, 9.17) is 10.6 Å². The van der Waals surface area contributed by atoms with E-state index in [0.29, 0.717) is 5.92 Å². The number of nitrogens with two attached hydrogens (primary N) is 1. The second-order valence-corrected chi connectivity index (χ2v) is 5.53. The Morgan fingerprint density at radius 2 is 2.17 bits per heavy atom. The van der Waals surface area contributed by atoms with Crippen LogP contribution in [0.5, 0.6) is 0 Å². The Morgan fingerprint density at radius 3 is 2.78 bits per heavy atom. The molecule has 3 nitrogen and oxygen atoms in total. The summed E-state index contributed by atoms with van der Waals surface area (Å²) < 4.78 is 19.2. The molecule has 0 amide bonds. The Morgan fingerprint density at radius 1 is 1.44 bits per heavy atom. The van der Waals surface area contributed by atoms with Gasteiger partial charge in [0, 0.05) is 23.7 Å². The van der Waals surface area contributed by atoms with Crippen molar-refractivity contribution in [3.8, 4) is 0 Å². The monoisotopic (exact) mass is 316 g/mol. The van der Waals surface area contributed by atoms with Crippen molar-refractivity contribution in [1.82, 2.24) is 5.43 Å². The molecule has 1 heterocycles. The number of hydrogen-bond donors (Lipinski definition) is 2. The third-order valence-corrected chi connectivity index (χ3v) is 4.14. The van der Waals surface area contributed by atoms with Crippen LogP contribution in [0.15, 0.2) is 22.7 Å². The second kappa shape index (κ2) is 6.61. The van der Waals surface area contributed by atoms with E-state index in [9.17, 15) is 4.39 Å². The predicted molar refractivity (Wildman–Crippen MR) is 72.3 cm³/mol. The van der Waals surface area contributed by atoms with Crippen LogP contribution in [0.2, 0.25) is 0 Å². The largest absolute Gasteiger partial charge is 0.381 e. The fraction of sp³-hybridized carbons (Fsp3) is 0.538. The summed E-state index contributed by atoms with van der Waals surface area (Å²) >= 11 is 3.39. The third-order valence-electron chi connectivity index (χ3n) is 3.45. The van der Waals surface area contributed by atoms with Crippen molar-refractivity contribution in [2.75, 3.05) is 13.2 Å². The van der Waals surface area contributed by atoms with Crippen LogP contribution in [0, 0.1) is 11.7 Å². The molecule has 1 atom stereocenters. The van der Waals surface area contributed by atoms with Gasteiger partial charge in [0.25, 0.3) is 0 Å². The van der Waals surface area contributed by atoms with Gasteiger partial charge in [0.05, 0.1) is 0 Å². The molecule has 3 N–H and O–H groups in total. The van der Waals surface area contributed by atoms with Gasteiger partial charge in [-0.15, -0.1) is 0 Å². The standard InChI is InChI=1S/C13H18BrFN2O/c14-12-8-10(15)1-2-11(12)13(17-16)7-9-3-5-18-6-4-9/h1-2,8-9,13,17H,3-7,16H2. The highest BCUT2D eigenvalue weighted by atomic mass is 79.9. The number of ether oxygens (including phenoxy) is 1. The molecule has 1 aliphatic rings. The van der Waals surface area contributed by atoms with E-state index in [1.165, 1.54) is 12.1 Å². The SMILES string of the molecule is NNC(CC1CCOCC1)c1ccc(F)cc1Br. The molecule has 1 unspecified atom stereocenters. The highest BCUT2D eigenvalue weighted by molar-refractivity contribution is 9.10. The number of rotatable bonds is 4. The quantitative estimate of drug-likeness (QED) is 0.663. The molecule has 0 aliphatic carbocycles. The van der Waals surface area contributed by atoms with Gasteiger partial charge in [0.1, 0.15) is 5.82 Å². The van der Waals surface area contributed by atoms with Gasteiger partial charge in [0.2, 0.25) is 0 Å². The van der Waals surface area contributed by atoms with Crippen molar-refractivity contribution >= 4 is 15.9 Å². The average Bonchev–Trinajstić information content (AvgIpc) is 2.38. The zero-order valence-corrected chi connectivity index (χ0v) is 11.7. The summed E-state index contributed by atoms with van der Waals surface area (Å²) in [5.74, 6) is 6.00. The Kier molecular flexibility index (Phi) is 5.12. The van der Waals surface area contributed by atoms with E-state index in [1.807, 2.05) is 0 Å². The average molecular weight is 317 g/mol. The van der Waals surface area contributed by atoms with Crippen LogP contribution < -0.4 is 11.3 Å². The zero-order valence-electron chi connectivity index (χ0n) is 10.2. The van der Waals surface area contributed by atoms with E-state index in [1.54, 1.807) is 6.07 Å². The molecule has 1 aliphatic heterocycles. The van der Waals surface area contributed by atoms with E-state index < -0.39 is 0 Å². The molecule has 1 fully saturated rings. The Balaban J connectivity index is 2.07. The molecule has 18 heavy (non-hydrogen) atoms. The first kappa shape index (κ1) is 13.9. The Hall–Kier alpha value is -0.490. The maximum absolute atomic E-state index is 13.1. The van der Waals surface area contributed by atoms with Gasteiger partial charge in [-0.25, -0.2) is 4.39 Å². The molecule has 1 saturated heterocycles. The first-order chi connectivity index (χ1) is 8.70. The van der Waals surface area contributed by atoms with Crippen molar-refractivity contribution in [3.63, 3.8) is 0 Å². The lowest BCUT2D eigenvalue weighted by atomic mass is 9.90. The third kappa shape index (κ3) is 3.51. The van der Waals surface area contributed by atoms with Crippen LogP contribution in [-0.2, 0) is 4.74 Å². The van der Waals surface area contributed by atoms with E-state index >= 15 is 0 Å². The predicted octanol–water partition coefficient (Wildman–Crippen LogP) is 2.91. The van der Waals surface area contributed by atoms with Gasteiger partial charge in [-0.2, -0.15) is 0 Å². The normalized spacial score (nSPS) is 18.8. The molecule has 5 heteroatoms. The van der Waals surface area contributed by atoms with Gasteiger partial charge in [0.15, 0.2) is 0 Å². The molecule has 0 saturated carbocycles. The smallest absolute Gasteiger partial charge is 0.124 e. The molecule has 0 aromatic heterocycles. The molecular weight excluding hydrogens is 299 g/mol. The van der Waals surface area contributed by atoms with Crippen molar-refractivity contribution in [3.05, 3.63) is 34.1 Å².